The zero-order chi connectivity index (χ0) is 14.3. The molecular weight excluding hydrogens is 242 g/mol. The van der Waals surface area contributed by atoms with Gasteiger partial charge in [-0.05, 0) is 31.6 Å². The van der Waals surface area contributed by atoms with Crippen molar-refractivity contribution in [3.8, 4) is 0 Å². The van der Waals surface area contributed by atoms with E-state index in [0.29, 0.717) is 25.2 Å². The fourth-order valence-corrected chi connectivity index (χ4v) is 2.50. The summed E-state index contributed by atoms with van der Waals surface area (Å²) in [5.41, 5.74) is 0. The lowest BCUT2D eigenvalue weighted by atomic mass is 9.88. The Morgan fingerprint density at radius 2 is 1.95 bits per heavy atom. The molecule has 114 valence electrons. The van der Waals surface area contributed by atoms with Crippen LogP contribution in [0.2, 0.25) is 0 Å². The summed E-state index contributed by atoms with van der Waals surface area (Å²) in [6.45, 7) is 7.34. The maximum absolute atomic E-state index is 9.92. The van der Waals surface area contributed by atoms with Gasteiger partial charge in [-0.3, -0.25) is 0 Å². The van der Waals surface area contributed by atoms with Crippen LogP contribution in [0, 0.1) is 11.8 Å². The van der Waals surface area contributed by atoms with Crippen molar-refractivity contribution in [3.05, 3.63) is 0 Å². The third-order valence-corrected chi connectivity index (χ3v) is 4.35. The maximum atomic E-state index is 9.92. The van der Waals surface area contributed by atoms with Crippen molar-refractivity contribution in [1.29, 1.82) is 0 Å². The summed E-state index contributed by atoms with van der Waals surface area (Å²) in [6.07, 6.45) is 4.76. The molecule has 0 radical (unpaired) electrons. The zero-order valence-electron chi connectivity index (χ0n) is 12.6. The van der Waals surface area contributed by atoms with Gasteiger partial charge in [0.05, 0.1) is 18.8 Å². The summed E-state index contributed by atoms with van der Waals surface area (Å²) in [5.74, 6) is 0.814. The smallest absolute Gasteiger partial charge is 0.0897 e. The molecule has 0 heterocycles. The number of nitrogens with one attached hydrogen (secondary N) is 1. The van der Waals surface area contributed by atoms with Gasteiger partial charge in [0.25, 0.3) is 0 Å². The molecule has 1 saturated carbocycles. The molecule has 1 fully saturated rings. The number of aliphatic hydroxyl groups excluding tert-OH is 2. The molecule has 3 N–H and O–H groups in total. The normalized spacial score (nSPS) is 28.9. The Morgan fingerprint density at radius 1 is 1.26 bits per heavy atom. The molecule has 0 aromatic heterocycles. The molecule has 5 unspecified atom stereocenters. The Hall–Kier alpha value is -0.160. The Balaban J connectivity index is 2.15. The molecule has 4 nitrogen and oxygen atoms in total. The van der Waals surface area contributed by atoms with Gasteiger partial charge in [0.2, 0.25) is 0 Å². The van der Waals surface area contributed by atoms with Crippen molar-refractivity contribution in [2.45, 2.75) is 64.7 Å². The van der Waals surface area contributed by atoms with Crippen LogP contribution in [0.3, 0.4) is 0 Å². The van der Waals surface area contributed by atoms with E-state index in [1.807, 2.05) is 13.8 Å². The lowest BCUT2D eigenvalue weighted by molar-refractivity contribution is -0.0459. The van der Waals surface area contributed by atoms with Crippen LogP contribution in [-0.4, -0.2) is 48.2 Å². The summed E-state index contributed by atoms with van der Waals surface area (Å²) in [6, 6.07) is 0.202. The second-order valence-corrected chi connectivity index (χ2v) is 6.14. The molecule has 1 aliphatic carbocycles. The van der Waals surface area contributed by atoms with Crippen molar-refractivity contribution in [3.63, 3.8) is 0 Å². The number of ether oxygens (including phenoxy) is 1. The lowest BCUT2D eigenvalue weighted by Gasteiger charge is -2.30. The molecule has 0 saturated heterocycles. The van der Waals surface area contributed by atoms with Crippen LogP contribution in [0.1, 0.15) is 46.5 Å². The summed E-state index contributed by atoms with van der Waals surface area (Å²) in [5, 5.41) is 22.2. The Bertz CT molecular complexity index is 237. The van der Waals surface area contributed by atoms with E-state index < -0.39 is 6.10 Å². The van der Waals surface area contributed by atoms with Crippen LogP contribution in [0.5, 0.6) is 0 Å². The second kappa shape index (κ2) is 8.90. The lowest BCUT2D eigenvalue weighted by Crippen LogP contribution is -2.41. The Morgan fingerprint density at radius 3 is 2.58 bits per heavy atom. The van der Waals surface area contributed by atoms with Crippen LogP contribution >= 0.6 is 0 Å². The highest BCUT2D eigenvalue weighted by Crippen LogP contribution is 2.26. The third kappa shape index (κ3) is 6.21. The Kier molecular flexibility index (Phi) is 7.91. The first kappa shape index (κ1) is 16.9. The minimum absolute atomic E-state index is 0.167. The predicted octanol–water partition coefficient (Wildman–Crippen LogP) is 1.55. The van der Waals surface area contributed by atoms with Crippen LogP contribution in [0.25, 0.3) is 0 Å². The van der Waals surface area contributed by atoms with Crippen LogP contribution in [-0.2, 0) is 4.74 Å². The van der Waals surface area contributed by atoms with Gasteiger partial charge in [-0.1, -0.05) is 26.7 Å². The van der Waals surface area contributed by atoms with Gasteiger partial charge in [0, 0.05) is 19.2 Å². The minimum Gasteiger partial charge on any atom is -0.396 e. The first-order valence-electron chi connectivity index (χ1n) is 7.68. The summed E-state index contributed by atoms with van der Waals surface area (Å²) >= 11 is 0. The van der Waals surface area contributed by atoms with Crippen molar-refractivity contribution in [2.24, 2.45) is 11.8 Å². The average molecular weight is 273 g/mol. The number of hydrogen-bond acceptors (Lipinski definition) is 4. The van der Waals surface area contributed by atoms with Crippen LogP contribution < -0.4 is 5.32 Å². The third-order valence-electron chi connectivity index (χ3n) is 4.35. The van der Waals surface area contributed by atoms with Crippen LogP contribution in [0.15, 0.2) is 0 Å². The highest BCUT2D eigenvalue weighted by molar-refractivity contribution is 4.74. The maximum Gasteiger partial charge on any atom is 0.0897 e. The van der Waals surface area contributed by atoms with Gasteiger partial charge >= 0.3 is 0 Å². The molecule has 0 amide bonds. The van der Waals surface area contributed by atoms with Gasteiger partial charge in [-0.2, -0.15) is 0 Å². The monoisotopic (exact) mass is 273 g/mol. The quantitative estimate of drug-likeness (QED) is 0.628. The highest BCUT2D eigenvalue weighted by Gasteiger charge is 2.22. The van der Waals surface area contributed by atoms with E-state index in [0.717, 1.165) is 6.42 Å². The summed E-state index contributed by atoms with van der Waals surface area (Å²) < 4.78 is 5.84. The van der Waals surface area contributed by atoms with Crippen molar-refractivity contribution < 1.29 is 14.9 Å². The van der Waals surface area contributed by atoms with E-state index in [2.05, 4.69) is 12.2 Å². The Labute approximate surface area is 117 Å². The molecule has 0 spiro atoms. The van der Waals surface area contributed by atoms with Gasteiger partial charge in [0.15, 0.2) is 0 Å². The van der Waals surface area contributed by atoms with E-state index >= 15 is 0 Å². The number of hydrogen-bond donors (Lipinski definition) is 3. The predicted molar refractivity (Wildman–Crippen MR) is 77.1 cm³/mol. The van der Waals surface area contributed by atoms with Crippen LogP contribution in [0.4, 0.5) is 0 Å². The molecular formula is C15H31NO3. The molecule has 4 heteroatoms. The van der Waals surface area contributed by atoms with Gasteiger partial charge in [-0.15, -0.1) is 0 Å². The number of rotatable bonds is 8. The van der Waals surface area contributed by atoms with Crippen molar-refractivity contribution in [2.75, 3.05) is 19.8 Å². The molecule has 0 aliphatic heterocycles. The van der Waals surface area contributed by atoms with E-state index in [1.54, 1.807) is 0 Å². The highest BCUT2D eigenvalue weighted by atomic mass is 16.5. The van der Waals surface area contributed by atoms with Crippen molar-refractivity contribution in [1.82, 2.24) is 5.32 Å². The van der Waals surface area contributed by atoms with E-state index in [9.17, 15) is 5.11 Å². The fourth-order valence-electron chi connectivity index (χ4n) is 2.50. The molecule has 19 heavy (non-hydrogen) atoms. The van der Waals surface area contributed by atoms with Crippen molar-refractivity contribution >= 4 is 0 Å². The van der Waals surface area contributed by atoms with Gasteiger partial charge in [0.1, 0.15) is 0 Å². The summed E-state index contributed by atoms with van der Waals surface area (Å²) in [7, 11) is 0. The molecule has 1 aliphatic rings. The summed E-state index contributed by atoms with van der Waals surface area (Å²) in [4.78, 5) is 0. The molecule has 5 atom stereocenters. The SMILES string of the molecule is CC(CO)C(C)NCC(O)COC1CCCCC1C. The molecule has 0 aromatic rings. The minimum atomic E-state index is -0.470. The zero-order valence-corrected chi connectivity index (χ0v) is 12.6. The topological polar surface area (TPSA) is 61.7 Å². The fraction of sp³-hybridized carbons (Fsp3) is 1.00. The first-order chi connectivity index (χ1) is 9.04. The van der Waals surface area contributed by atoms with E-state index in [4.69, 9.17) is 9.84 Å². The standard InChI is InChI=1S/C15H31NO3/c1-11-6-4-5-7-15(11)19-10-14(18)8-16-13(3)12(2)9-17/h11-18H,4-10H2,1-3H3. The largest absolute Gasteiger partial charge is 0.396 e. The molecule has 0 bridgehead atoms. The second-order valence-electron chi connectivity index (χ2n) is 6.14. The first-order valence-corrected chi connectivity index (χ1v) is 7.68. The van der Waals surface area contributed by atoms with E-state index in [1.165, 1.54) is 19.3 Å². The average Bonchev–Trinajstić information content (AvgIpc) is 2.42. The number of aliphatic hydroxyl groups is 2. The van der Waals surface area contributed by atoms with Gasteiger partial charge in [-0.25, -0.2) is 0 Å². The van der Waals surface area contributed by atoms with E-state index in [-0.39, 0.29) is 18.6 Å². The van der Waals surface area contributed by atoms with Gasteiger partial charge < -0.3 is 20.3 Å². The molecule has 0 aromatic carbocycles. The molecule has 1 rings (SSSR count).